The second-order valence-electron chi connectivity index (χ2n) is 11.1. The van der Waals surface area contributed by atoms with Crippen LogP contribution in [-0.2, 0) is 4.74 Å². The number of aromatic nitrogens is 3. The largest absolute Gasteiger partial charge is 0.384 e. The van der Waals surface area contributed by atoms with Crippen molar-refractivity contribution in [2.24, 2.45) is 16.7 Å². The van der Waals surface area contributed by atoms with Crippen LogP contribution in [0.2, 0.25) is 0 Å². The monoisotopic (exact) mass is 498 g/mol. The molecular weight excluding hydrogens is 464 g/mol. The van der Waals surface area contributed by atoms with Gasteiger partial charge >= 0.3 is 0 Å². The van der Waals surface area contributed by atoms with Gasteiger partial charge in [0.25, 0.3) is 5.91 Å². The summed E-state index contributed by atoms with van der Waals surface area (Å²) < 4.78 is 5.41. The molecule has 1 saturated heterocycles. The van der Waals surface area contributed by atoms with E-state index in [0.29, 0.717) is 28.5 Å². The number of benzene rings is 1. The topological polar surface area (TPSA) is 95.2 Å². The number of fused-ring (bicyclic) bond motifs is 3. The number of hydrogen-bond donors (Lipinski definition) is 3. The van der Waals surface area contributed by atoms with Crippen LogP contribution >= 0.6 is 0 Å². The van der Waals surface area contributed by atoms with Crippen LogP contribution in [0.5, 0.6) is 0 Å². The van der Waals surface area contributed by atoms with Gasteiger partial charge in [0.05, 0.1) is 29.7 Å². The Kier molecular flexibility index (Phi) is 5.93. The Labute approximate surface area is 217 Å². The summed E-state index contributed by atoms with van der Waals surface area (Å²) in [5.74, 6) is 7.69. The van der Waals surface area contributed by atoms with E-state index >= 15 is 0 Å². The second-order valence-corrected chi connectivity index (χ2v) is 11.1. The minimum Gasteiger partial charge on any atom is -0.384 e. The normalized spacial score (nSPS) is 26.1. The number of carbonyl (C=O) groups excluding carboxylic acids is 1. The molecule has 3 atom stereocenters. The molecule has 8 heteroatoms. The van der Waals surface area contributed by atoms with Crippen molar-refractivity contribution in [1.29, 1.82) is 0 Å². The van der Waals surface area contributed by atoms with E-state index in [1.54, 1.807) is 12.3 Å². The molecule has 2 bridgehead atoms. The van der Waals surface area contributed by atoms with Crippen LogP contribution in [0.15, 0.2) is 36.5 Å². The molecule has 1 aromatic carbocycles. The molecule has 192 valence electrons. The number of amides is 1. The summed E-state index contributed by atoms with van der Waals surface area (Å²) in [5.41, 5.74) is 3.57. The maximum atomic E-state index is 13.4. The number of nitrogens with zero attached hydrogens (tertiary/aromatic N) is 3. The van der Waals surface area contributed by atoms with E-state index in [0.717, 1.165) is 57.1 Å². The van der Waals surface area contributed by atoms with E-state index in [9.17, 15) is 4.79 Å². The summed E-state index contributed by atoms with van der Waals surface area (Å²) in [6.45, 7) is 12.2. The van der Waals surface area contributed by atoms with Crippen LogP contribution in [-0.4, -0.2) is 71.2 Å². The van der Waals surface area contributed by atoms with Crippen LogP contribution in [0.4, 0.5) is 5.69 Å². The van der Waals surface area contributed by atoms with Crippen molar-refractivity contribution in [1.82, 2.24) is 25.2 Å². The van der Waals surface area contributed by atoms with Crippen molar-refractivity contribution in [2.75, 3.05) is 44.7 Å². The molecule has 1 amide bonds. The predicted molar refractivity (Wildman–Crippen MR) is 144 cm³/mol. The van der Waals surface area contributed by atoms with Gasteiger partial charge in [-0.2, -0.15) is 0 Å². The first kappa shape index (κ1) is 24.0. The molecule has 2 aromatic heterocycles. The Morgan fingerprint density at radius 1 is 1.19 bits per heavy atom. The molecule has 3 N–H and O–H groups in total. The predicted octanol–water partition coefficient (Wildman–Crippen LogP) is 3.54. The van der Waals surface area contributed by atoms with Gasteiger partial charge in [-0.05, 0) is 49.1 Å². The van der Waals surface area contributed by atoms with E-state index < -0.39 is 0 Å². The van der Waals surface area contributed by atoms with Crippen LogP contribution in [0, 0.1) is 28.6 Å². The first-order chi connectivity index (χ1) is 17.8. The van der Waals surface area contributed by atoms with Crippen LogP contribution < -0.4 is 10.6 Å². The Bertz CT molecular complexity index is 1380. The fraction of sp³-hybridized carbons (Fsp3) is 0.483. The number of rotatable bonds is 7. The highest BCUT2D eigenvalue weighted by Crippen LogP contribution is 2.58. The minimum absolute atomic E-state index is 0.0233. The third-order valence-corrected chi connectivity index (χ3v) is 8.85. The number of H-pyrrole nitrogens is 1. The number of imidazole rings is 1. The summed E-state index contributed by atoms with van der Waals surface area (Å²) >= 11 is 0. The summed E-state index contributed by atoms with van der Waals surface area (Å²) in [6.07, 6.45) is 2.53. The highest BCUT2D eigenvalue weighted by Gasteiger charge is 2.59. The molecule has 0 spiro atoms. The maximum absolute atomic E-state index is 13.4. The number of pyridine rings is 1. The number of ether oxygens (including phenoxy) is 1. The van der Waals surface area contributed by atoms with E-state index in [-0.39, 0.29) is 22.8 Å². The molecule has 1 saturated carbocycles. The second kappa shape index (κ2) is 9.16. The average Bonchev–Trinajstić information content (AvgIpc) is 3.49. The van der Waals surface area contributed by atoms with E-state index in [4.69, 9.17) is 4.74 Å². The molecule has 6 rings (SSSR count). The highest BCUT2D eigenvalue weighted by atomic mass is 16.5. The standard InChI is InChI=1S/C29H34N6O2/c1-28(2)20-8-10-29(28,3)23(18-20)32-27(36)22-9-11-31-26-24(22)33-25(34-26)19-4-6-21(7-5-19)30-12-13-35-14-16-37-17-15-35/h4-7,9,11,20,23,30H,12-18H2,1-3H3,(H,32,36)(H,31,33,34). The number of aromatic amines is 1. The molecule has 1 aliphatic heterocycles. The molecule has 2 aliphatic carbocycles. The Balaban J connectivity index is 1.15. The van der Waals surface area contributed by atoms with Gasteiger partial charge < -0.3 is 20.4 Å². The molecule has 2 fully saturated rings. The molecule has 0 radical (unpaired) electrons. The maximum Gasteiger partial charge on any atom is 0.253 e. The van der Waals surface area contributed by atoms with Crippen LogP contribution in [0.1, 0.15) is 37.6 Å². The van der Waals surface area contributed by atoms with Gasteiger partial charge in [0.1, 0.15) is 5.82 Å². The van der Waals surface area contributed by atoms with Gasteiger partial charge in [-0.15, -0.1) is 0 Å². The Morgan fingerprint density at radius 2 is 1.97 bits per heavy atom. The molecule has 3 aromatic rings. The van der Waals surface area contributed by atoms with Crippen molar-refractivity contribution in [3.05, 3.63) is 42.1 Å². The van der Waals surface area contributed by atoms with Crippen LogP contribution in [0.25, 0.3) is 22.6 Å². The molecule has 3 heterocycles. The van der Waals surface area contributed by atoms with Gasteiger partial charge in [-0.3, -0.25) is 9.69 Å². The summed E-state index contributed by atoms with van der Waals surface area (Å²) in [5, 5.41) is 6.77. The summed E-state index contributed by atoms with van der Waals surface area (Å²) in [6, 6.07) is 9.96. The van der Waals surface area contributed by atoms with E-state index in [1.165, 1.54) is 0 Å². The van der Waals surface area contributed by atoms with Crippen molar-refractivity contribution in [2.45, 2.75) is 33.2 Å². The Hall–Kier alpha value is -3.41. The number of hydrogen-bond acceptors (Lipinski definition) is 6. The molecular formula is C29H34N6O2. The van der Waals surface area contributed by atoms with Gasteiger partial charge in [-0.25, -0.2) is 9.97 Å². The average molecular weight is 499 g/mol. The number of carbonyl (C=O) groups is 1. The molecule has 3 aliphatic rings. The Morgan fingerprint density at radius 3 is 2.68 bits per heavy atom. The summed E-state index contributed by atoms with van der Waals surface area (Å²) in [7, 11) is 0. The third-order valence-electron chi connectivity index (χ3n) is 8.85. The van der Waals surface area contributed by atoms with Crippen molar-refractivity contribution < 1.29 is 9.53 Å². The lowest BCUT2D eigenvalue weighted by atomic mass is 9.69. The number of anilines is 1. The first-order valence-corrected chi connectivity index (χ1v) is 13.2. The van der Waals surface area contributed by atoms with E-state index in [1.807, 2.05) is 12.1 Å². The van der Waals surface area contributed by atoms with Crippen molar-refractivity contribution in [3.8, 4) is 23.2 Å². The quantitative estimate of drug-likeness (QED) is 0.432. The van der Waals surface area contributed by atoms with E-state index in [2.05, 4.69) is 75.2 Å². The summed E-state index contributed by atoms with van der Waals surface area (Å²) in [4.78, 5) is 28.2. The first-order valence-electron chi connectivity index (χ1n) is 13.2. The van der Waals surface area contributed by atoms with Crippen LogP contribution in [0.3, 0.4) is 0 Å². The van der Waals surface area contributed by atoms with Crippen molar-refractivity contribution >= 4 is 22.8 Å². The molecule has 8 nitrogen and oxygen atoms in total. The van der Waals surface area contributed by atoms with Gasteiger partial charge in [-0.1, -0.05) is 25.7 Å². The van der Waals surface area contributed by atoms with Gasteiger partial charge in [0, 0.05) is 55.6 Å². The lowest BCUT2D eigenvalue weighted by molar-refractivity contribution is 0.0398. The zero-order valence-corrected chi connectivity index (χ0v) is 21.7. The molecule has 3 unspecified atom stereocenters. The number of nitrogens with one attached hydrogen (secondary N) is 3. The lowest BCUT2D eigenvalue weighted by Crippen LogP contribution is -2.46. The fourth-order valence-electron chi connectivity index (χ4n) is 5.91. The number of morpholine rings is 1. The zero-order valence-electron chi connectivity index (χ0n) is 21.7. The minimum atomic E-state index is -0.226. The van der Waals surface area contributed by atoms with Gasteiger partial charge in [0.15, 0.2) is 5.65 Å². The SMILES string of the molecule is CC1(C)C2C#CC1(C)C(NC(=O)c1ccnc3nc(-c4ccc(NCCN5CCOCC5)cc4)[nH]c13)C2. The zero-order chi connectivity index (χ0) is 25.6. The van der Waals surface area contributed by atoms with Crippen molar-refractivity contribution in [3.63, 3.8) is 0 Å². The van der Waals surface area contributed by atoms with Gasteiger partial charge in [0.2, 0.25) is 0 Å². The lowest BCUT2D eigenvalue weighted by Gasteiger charge is -2.36. The third kappa shape index (κ3) is 4.16. The fourth-order valence-corrected chi connectivity index (χ4v) is 5.91. The highest BCUT2D eigenvalue weighted by molar-refractivity contribution is 6.04. The smallest absolute Gasteiger partial charge is 0.253 e. The molecule has 37 heavy (non-hydrogen) atoms.